The molecule has 0 bridgehead atoms. The lowest BCUT2D eigenvalue weighted by molar-refractivity contribution is 0.144. The highest BCUT2D eigenvalue weighted by Crippen LogP contribution is 2.19. The average Bonchev–Trinajstić information content (AvgIpc) is 2.84. The monoisotopic (exact) mass is 290 g/mol. The fraction of sp³-hybridized carbons (Fsp3) is 0.500. The van der Waals surface area contributed by atoms with Crippen LogP contribution >= 0.6 is 12.2 Å². The zero-order valence-electron chi connectivity index (χ0n) is 11.5. The number of likely N-dealkylation sites (tertiary alicyclic amines) is 1. The molecule has 0 atom stereocenters. The minimum atomic E-state index is 0.426. The van der Waals surface area contributed by atoms with Gasteiger partial charge in [0.2, 0.25) is 5.89 Å². The van der Waals surface area contributed by atoms with Crippen molar-refractivity contribution in [2.75, 3.05) is 13.1 Å². The van der Waals surface area contributed by atoms with Crippen molar-refractivity contribution in [1.82, 2.24) is 19.7 Å². The lowest BCUT2D eigenvalue weighted by Gasteiger charge is -2.29. The van der Waals surface area contributed by atoms with E-state index in [0.29, 0.717) is 17.4 Å². The van der Waals surface area contributed by atoms with E-state index in [4.69, 9.17) is 16.6 Å². The molecule has 6 heteroatoms. The van der Waals surface area contributed by atoms with Gasteiger partial charge >= 0.3 is 0 Å². The molecular weight excluding hydrogens is 272 g/mol. The van der Waals surface area contributed by atoms with Crippen LogP contribution in [0.5, 0.6) is 0 Å². The summed E-state index contributed by atoms with van der Waals surface area (Å²) >= 11 is 5.26. The van der Waals surface area contributed by atoms with E-state index in [-0.39, 0.29) is 0 Å². The number of hydrogen-bond acceptors (Lipinski definition) is 5. The number of nitrogens with zero attached hydrogens (tertiary/aromatic N) is 4. The number of aromatic nitrogens is 3. The summed E-state index contributed by atoms with van der Waals surface area (Å²) in [6, 6.07) is 3.74. The minimum Gasteiger partial charge on any atom is -0.409 e. The lowest BCUT2D eigenvalue weighted by Crippen LogP contribution is -2.34. The van der Waals surface area contributed by atoms with Crippen molar-refractivity contribution in [3.63, 3.8) is 0 Å². The zero-order valence-corrected chi connectivity index (χ0v) is 12.3. The van der Waals surface area contributed by atoms with Crippen LogP contribution in [-0.4, -0.2) is 32.8 Å². The molecule has 106 valence electrons. The molecule has 20 heavy (non-hydrogen) atoms. The topological polar surface area (TPSA) is 47.1 Å². The molecule has 2 aromatic heterocycles. The second-order valence-corrected chi connectivity index (χ2v) is 5.70. The van der Waals surface area contributed by atoms with Gasteiger partial charge in [-0.1, -0.05) is 6.92 Å². The highest BCUT2D eigenvalue weighted by atomic mass is 32.1. The van der Waals surface area contributed by atoms with Gasteiger partial charge in [-0.2, -0.15) is 0 Å². The van der Waals surface area contributed by atoms with Gasteiger partial charge in [0.05, 0.1) is 6.67 Å². The molecule has 2 aromatic rings. The van der Waals surface area contributed by atoms with Gasteiger partial charge in [0.25, 0.3) is 4.84 Å². The quantitative estimate of drug-likeness (QED) is 0.813. The molecule has 0 amide bonds. The number of pyridine rings is 1. The Kier molecular flexibility index (Phi) is 3.93. The molecule has 5 nitrogen and oxygen atoms in total. The lowest BCUT2D eigenvalue weighted by atomic mass is 10.00. The van der Waals surface area contributed by atoms with Crippen LogP contribution in [0, 0.1) is 10.8 Å². The molecule has 0 aromatic carbocycles. The molecule has 3 heterocycles. The maximum atomic E-state index is 5.58. The summed E-state index contributed by atoms with van der Waals surface area (Å²) in [7, 11) is 0. The SMILES string of the molecule is CC1CCN(Cn2nc(-c3ccncc3)oc2=S)CC1. The Labute approximate surface area is 123 Å². The van der Waals surface area contributed by atoms with Crippen LogP contribution in [0.25, 0.3) is 11.5 Å². The Morgan fingerprint density at radius 2 is 2.00 bits per heavy atom. The van der Waals surface area contributed by atoms with Gasteiger partial charge in [-0.05, 0) is 43.1 Å². The average molecular weight is 290 g/mol. The summed E-state index contributed by atoms with van der Waals surface area (Å²) in [5.74, 6) is 1.38. The van der Waals surface area contributed by atoms with Gasteiger partial charge in [-0.15, -0.1) is 5.10 Å². The van der Waals surface area contributed by atoms with Gasteiger partial charge < -0.3 is 4.42 Å². The first-order valence-electron chi connectivity index (χ1n) is 6.93. The molecule has 1 aliphatic heterocycles. The van der Waals surface area contributed by atoms with Gasteiger partial charge in [-0.3, -0.25) is 9.88 Å². The normalized spacial score (nSPS) is 17.4. The van der Waals surface area contributed by atoms with Crippen molar-refractivity contribution >= 4 is 12.2 Å². The molecule has 0 radical (unpaired) electrons. The first-order chi connectivity index (χ1) is 9.72. The molecule has 1 aliphatic rings. The number of piperidine rings is 1. The van der Waals surface area contributed by atoms with Crippen molar-refractivity contribution in [3.05, 3.63) is 29.4 Å². The molecule has 0 saturated carbocycles. The fourth-order valence-corrected chi connectivity index (χ4v) is 2.58. The standard InChI is InChI=1S/C14H18N4OS/c1-11-4-8-17(9-5-11)10-18-14(20)19-13(16-18)12-2-6-15-7-3-12/h2-3,6-7,11H,4-5,8-10H2,1H3. The summed E-state index contributed by atoms with van der Waals surface area (Å²) in [6.45, 7) is 5.21. The third kappa shape index (κ3) is 2.96. The summed E-state index contributed by atoms with van der Waals surface area (Å²) in [5, 5.41) is 4.47. The highest BCUT2D eigenvalue weighted by Gasteiger charge is 2.17. The van der Waals surface area contributed by atoms with Crippen LogP contribution in [-0.2, 0) is 6.67 Å². The molecule has 0 N–H and O–H groups in total. The summed E-state index contributed by atoms with van der Waals surface area (Å²) in [4.78, 5) is 6.79. The van der Waals surface area contributed by atoms with E-state index in [1.54, 1.807) is 17.1 Å². The van der Waals surface area contributed by atoms with E-state index < -0.39 is 0 Å². The maximum absolute atomic E-state index is 5.58. The van der Waals surface area contributed by atoms with Crippen LogP contribution in [0.4, 0.5) is 0 Å². The third-order valence-corrected chi connectivity index (χ3v) is 4.04. The first kappa shape index (κ1) is 13.5. The van der Waals surface area contributed by atoms with Crippen molar-refractivity contribution in [1.29, 1.82) is 0 Å². The first-order valence-corrected chi connectivity index (χ1v) is 7.34. The van der Waals surface area contributed by atoms with Gasteiger partial charge in [0.1, 0.15) is 0 Å². The zero-order chi connectivity index (χ0) is 13.9. The van der Waals surface area contributed by atoms with Crippen LogP contribution < -0.4 is 0 Å². The molecule has 3 rings (SSSR count). The second kappa shape index (κ2) is 5.85. The highest BCUT2D eigenvalue weighted by molar-refractivity contribution is 7.71. The van der Waals surface area contributed by atoms with E-state index >= 15 is 0 Å². The Balaban J connectivity index is 1.75. The Bertz CT molecular complexity index is 614. The largest absolute Gasteiger partial charge is 0.409 e. The Morgan fingerprint density at radius 1 is 1.30 bits per heavy atom. The van der Waals surface area contributed by atoms with Gasteiger partial charge in [0.15, 0.2) is 0 Å². The van der Waals surface area contributed by atoms with Crippen LogP contribution in [0.2, 0.25) is 0 Å². The van der Waals surface area contributed by atoms with Gasteiger partial charge in [0, 0.05) is 31.0 Å². The third-order valence-electron chi connectivity index (χ3n) is 3.74. The molecule has 1 fully saturated rings. The van der Waals surface area contributed by atoms with E-state index in [2.05, 4.69) is 21.9 Å². The summed E-state index contributed by atoms with van der Waals surface area (Å²) in [6.07, 6.45) is 5.92. The predicted molar refractivity (Wildman–Crippen MR) is 78.5 cm³/mol. The molecule has 1 saturated heterocycles. The Hall–Kier alpha value is -1.53. The maximum Gasteiger partial charge on any atom is 0.288 e. The molecule has 0 aliphatic carbocycles. The van der Waals surface area contributed by atoms with Crippen LogP contribution in [0.1, 0.15) is 19.8 Å². The van der Waals surface area contributed by atoms with Crippen molar-refractivity contribution in [3.8, 4) is 11.5 Å². The second-order valence-electron chi connectivity index (χ2n) is 5.35. The Morgan fingerprint density at radius 3 is 2.70 bits per heavy atom. The molecular formula is C14H18N4OS. The van der Waals surface area contributed by atoms with Crippen molar-refractivity contribution in [2.24, 2.45) is 5.92 Å². The van der Waals surface area contributed by atoms with E-state index in [9.17, 15) is 0 Å². The predicted octanol–water partition coefficient (Wildman–Crippen LogP) is 2.96. The van der Waals surface area contributed by atoms with E-state index in [1.807, 2.05) is 12.1 Å². The van der Waals surface area contributed by atoms with Crippen molar-refractivity contribution in [2.45, 2.75) is 26.4 Å². The number of rotatable bonds is 3. The molecule has 0 spiro atoms. The minimum absolute atomic E-state index is 0.426. The number of hydrogen-bond donors (Lipinski definition) is 0. The van der Waals surface area contributed by atoms with Crippen LogP contribution in [0.15, 0.2) is 28.9 Å². The van der Waals surface area contributed by atoms with Gasteiger partial charge in [-0.25, -0.2) is 4.68 Å². The molecule has 0 unspecified atom stereocenters. The van der Waals surface area contributed by atoms with E-state index in [1.165, 1.54) is 12.8 Å². The van der Waals surface area contributed by atoms with Crippen LogP contribution in [0.3, 0.4) is 0 Å². The van der Waals surface area contributed by atoms with Crippen molar-refractivity contribution < 1.29 is 4.42 Å². The summed E-state index contributed by atoms with van der Waals surface area (Å²) in [5.41, 5.74) is 0.900. The summed E-state index contributed by atoms with van der Waals surface area (Å²) < 4.78 is 7.34. The fourth-order valence-electron chi connectivity index (χ4n) is 2.40. The smallest absolute Gasteiger partial charge is 0.288 e. The van der Waals surface area contributed by atoms with E-state index in [0.717, 1.165) is 24.6 Å².